The maximum atomic E-state index is 12.3. The molecule has 2 amide bonds. The van der Waals surface area contributed by atoms with Gasteiger partial charge in [0.05, 0.1) is 18.0 Å². The van der Waals surface area contributed by atoms with Crippen molar-refractivity contribution in [3.05, 3.63) is 36.4 Å². The fourth-order valence-electron chi connectivity index (χ4n) is 4.20. The first-order valence-electron chi connectivity index (χ1n) is 8.78. The Morgan fingerprint density at radius 2 is 2.21 bits per heavy atom. The van der Waals surface area contributed by atoms with Crippen molar-refractivity contribution in [1.82, 2.24) is 20.0 Å². The second kappa shape index (κ2) is 6.43. The van der Waals surface area contributed by atoms with Crippen molar-refractivity contribution in [1.29, 1.82) is 0 Å². The Morgan fingerprint density at radius 1 is 1.33 bits per heavy atom. The summed E-state index contributed by atoms with van der Waals surface area (Å²) < 4.78 is 7.47. The summed E-state index contributed by atoms with van der Waals surface area (Å²) in [4.78, 5) is 16.4. The quantitative estimate of drug-likeness (QED) is 0.909. The van der Waals surface area contributed by atoms with Crippen LogP contribution >= 0.6 is 0 Å². The Kier molecular flexibility index (Phi) is 4.14. The van der Waals surface area contributed by atoms with Gasteiger partial charge in [0.25, 0.3) is 0 Å². The summed E-state index contributed by atoms with van der Waals surface area (Å²) in [5.41, 5.74) is 2.36. The molecule has 1 unspecified atom stereocenters. The number of aromatic nitrogens is 2. The zero-order valence-electron chi connectivity index (χ0n) is 13.8. The molecule has 0 aromatic carbocycles. The van der Waals surface area contributed by atoms with Gasteiger partial charge in [0.15, 0.2) is 0 Å². The summed E-state index contributed by atoms with van der Waals surface area (Å²) >= 11 is 0. The molecule has 0 bridgehead atoms. The summed E-state index contributed by atoms with van der Waals surface area (Å²) in [6.45, 7) is 2.16. The first-order chi connectivity index (χ1) is 11.8. The molecule has 1 aliphatic carbocycles. The molecular weight excluding hydrogens is 304 g/mol. The molecule has 24 heavy (non-hydrogen) atoms. The third-order valence-electron chi connectivity index (χ3n) is 5.62. The van der Waals surface area contributed by atoms with Gasteiger partial charge in [-0.05, 0) is 42.7 Å². The van der Waals surface area contributed by atoms with E-state index >= 15 is 0 Å². The van der Waals surface area contributed by atoms with E-state index in [1.807, 2.05) is 28.9 Å². The maximum absolute atomic E-state index is 12.3. The molecule has 3 heterocycles. The van der Waals surface area contributed by atoms with Crippen molar-refractivity contribution >= 4 is 11.5 Å². The van der Waals surface area contributed by atoms with Gasteiger partial charge in [0.1, 0.15) is 0 Å². The molecule has 2 aromatic rings. The van der Waals surface area contributed by atoms with E-state index < -0.39 is 0 Å². The van der Waals surface area contributed by atoms with Crippen molar-refractivity contribution in [2.45, 2.75) is 44.7 Å². The molecule has 1 spiro atoms. The molecule has 6 nitrogen and oxygen atoms in total. The smallest absolute Gasteiger partial charge is 0.315 e. The van der Waals surface area contributed by atoms with Crippen LogP contribution in [-0.2, 0) is 11.3 Å². The molecule has 6 heteroatoms. The second-order valence-corrected chi connectivity index (χ2v) is 7.01. The molecule has 1 atom stereocenters. The molecule has 2 fully saturated rings. The number of hydrogen-bond acceptors (Lipinski definition) is 3. The van der Waals surface area contributed by atoms with E-state index in [0.717, 1.165) is 43.6 Å². The summed E-state index contributed by atoms with van der Waals surface area (Å²) in [5, 5.41) is 6.21. The lowest BCUT2D eigenvalue weighted by molar-refractivity contribution is 0.00623. The van der Waals surface area contributed by atoms with E-state index in [1.54, 1.807) is 6.33 Å². The van der Waals surface area contributed by atoms with Crippen molar-refractivity contribution in [3.8, 4) is 0 Å². The van der Waals surface area contributed by atoms with Gasteiger partial charge >= 0.3 is 6.03 Å². The Bertz CT molecular complexity index is 721. The van der Waals surface area contributed by atoms with E-state index in [1.165, 1.54) is 12.8 Å². The van der Waals surface area contributed by atoms with E-state index in [-0.39, 0.29) is 17.5 Å². The number of fused-ring (bicyclic) bond motifs is 1. The zero-order chi connectivity index (χ0) is 16.4. The number of pyridine rings is 1. The molecule has 2 aliphatic rings. The van der Waals surface area contributed by atoms with Gasteiger partial charge in [0, 0.05) is 32.0 Å². The van der Waals surface area contributed by atoms with E-state index in [0.29, 0.717) is 6.54 Å². The number of rotatable bonds is 3. The van der Waals surface area contributed by atoms with Crippen LogP contribution < -0.4 is 10.6 Å². The van der Waals surface area contributed by atoms with Crippen LogP contribution in [0, 0.1) is 5.41 Å². The van der Waals surface area contributed by atoms with Crippen molar-refractivity contribution in [2.75, 3.05) is 13.2 Å². The average Bonchev–Trinajstić information content (AvgIpc) is 3.21. The molecule has 2 N–H and O–H groups in total. The van der Waals surface area contributed by atoms with Crippen LogP contribution in [0.2, 0.25) is 0 Å². The van der Waals surface area contributed by atoms with Gasteiger partial charge in [-0.1, -0.05) is 12.5 Å². The summed E-state index contributed by atoms with van der Waals surface area (Å²) in [6.07, 6.45) is 11.2. The van der Waals surface area contributed by atoms with Gasteiger partial charge in [-0.3, -0.25) is 0 Å². The molecule has 1 saturated heterocycles. The number of nitrogens with zero attached hydrogens (tertiary/aromatic N) is 2. The minimum atomic E-state index is -0.0708. The lowest BCUT2D eigenvalue weighted by Gasteiger charge is -2.39. The van der Waals surface area contributed by atoms with Crippen LogP contribution in [0.5, 0.6) is 0 Å². The molecule has 1 saturated carbocycles. The summed E-state index contributed by atoms with van der Waals surface area (Å²) in [6, 6.07) is 4.24. The average molecular weight is 328 g/mol. The normalized spacial score (nSPS) is 22.8. The Hall–Kier alpha value is -2.08. The van der Waals surface area contributed by atoms with E-state index in [2.05, 4.69) is 15.6 Å². The zero-order valence-corrected chi connectivity index (χ0v) is 13.8. The molecule has 1 aliphatic heterocycles. The second-order valence-electron chi connectivity index (χ2n) is 7.01. The van der Waals surface area contributed by atoms with Crippen LogP contribution in [0.3, 0.4) is 0 Å². The molecule has 2 aromatic heterocycles. The number of hydrogen-bond donors (Lipinski definition) is 2. The Morgan fingerprint density at radius 3 is 3.08 bits per heavy atom. The van der Waals surface area contributed by atoms with Gasteiger partial charge in [-0.15, -0.1) is 0 Å². The minimum absolute atomic E-state index is 0.0708. The van der Waals surface area contributed by atoms with Crippen LogP contribution in [-0.4, -0.2) is 34.7 Å². The van der Waals surface area contributed by atoms with Crippen molar-refractivity contribution < 1.29 is 9.53 Å². The van der Waals surface area contributed by atoms with Gasteiger partial charge < -0.3 is 19.8 Å². The topological polar surface area (TPSA) is 67.7 Å². The van der Waals surface area contributed by atoms with Crippen LogP contribution in [0.1, 0.15) is 37.7 Å². The van der Waals surface area contributed by atoms with Gasteiger partial charge in [0.2, 0.25) is 0 Å². The number of ether oxygens (including phenoxy) is 1. The highest BCUT2D eigenvalue weighted by Gasteiger charge is 2.44. The first-order valence-corrected chi connectivity index (χ1v) is 8.78. The van der Waals surface area contributed by atoms with Gasteiger partial charge in [-0.2, -0.15) is 0 Å². The first kappa shape index (κ1) is 15.4. The third-order valence-corrected chi connectivity index (χ3v) is 5.62. The fourth-order valence-corrected chi connectivity index (χ4v) is 4.20. The lowest BCUT2D eigenvalue weighted by atomic mass is 9.75. The number of nitrogens with one attached hydrogen (secondary N) is 2. The monoisotopic (exact) mass is 328 g/mol. The van der Waals surface area contributed by atoms with E-state index in [4.69, 9.17) is 4.74 Å². The maximum Gasteiger partial charge on any atom is 0.315 e. The van der Waals surface area contributed by atoms with Crippen molar-refractivity contribution in [2.24, 2.45) is 5.41 Å². The predicted molar refractivity (Wildman–Crippen MR) is 90.7 cm³/mol. The molecule has 0 radical (unpaired) electrons. The van der Waals surface area contributed by atoms with Crippen LogP contribution in [0.25, 0.3) is 5.52 Å². The molecule has 128 valence electrons. The largest absolute Gasteiger partial charge is 0.381 e. The van der Waals surface area contributed by atoms with E-state index in [9.17, 15) is 4.79 Å². The van der Waals surface area contributed by atoms with Crippen LogP contribution in [0.4, 0.5) is 4.79 Å². The predicted octanol–water partition coefficient (Wildman–Crippen LogP) is 2.48. The lowest BCUT2D eigenvalue weighted by Crippen LogP contribution is -2.50. The number of amides is 2. The number of carbonyl (C=O) groups excluding carboxylic acids is 1. The number of imidazole rings is 1. The Labute approximate surface area is 141 Å². The third kappa shape index (κ3) is 2.98. The summed E-state index contributed by atoms with van der Waals surface area (Å²) in [5.74, 6) is 0. The molecular formula is C18H24N4O2. The van der Waals surface area contributed by atoms with Gasteiger partial charge in [-0.25, -0.2) is 9.78 Å². The summed E-state index contributed by atoms with van der Waals surface area (Å²) in [7, 11) is 0. The highest BCUT2D eigenvalue weighted by atomic mass is 16.5. The Balaban J connectivity index is 1.34. The number of carbonyl (C=O) groups is 1. The van der Waals surface area contributed by atoms with Crippen molar-refractivity contribution in [3.63, 3.8) is 0 Å². The highest BCUT2D eigenvalue weighted by molar-refractivity contribution is 5.74. The molecule has 4 rings (SSSR count). The number of urea groups is 1. The highest BCUT2D eigenvalue weighted by Crippen LogP contribution is 2.45. The fraction of sp³-hybridized carbons (Fsp3) is 0.556. The minimum Gasteiger partial charge on any atom is -0.381 e. The SMILES string of the molecule is O=C(NCc1ccc2cncn2c1)NC1CCCC12CCOCC2. The van der Waals surface area contributed by atoms with Crippen LogP contribution in [0.15, 0.2) is 30.9 Å². The standard InChI is InChI=1S/C18H24N4O2/c23-17(20-10-14-3-4-15-11-19-13-22(15)12-14)21-16-2-1-5-18(16)6-8-24-9-7-18/h3-4,11-13,16H,1-2,5-10H2,(H2,20,21,23).